The van der Waals surface area contributed by atoms with Crippen LogP contribution in [0.25, 0.3) is 0 Å². The lowest BCUT2D eigenvalue weighted by atomic mass is 10.2. The summed E-state index contributed by atoms with van der Waals surface area (Å²) in [6.45, 7) is 6.80. The largest absolute Gasteiger partial charge is 0.373 e. The Balaban J connectivity index is 1.64. The fraction of sp³-hybridized carbons (Fsp3) is 0.632. The second-order valence-corrected chi connectivity index (χ2v) is 9.43. The number of sulfonamides is 1. The maximum Gasteiger partial charge on any atom is 0.243 e. The van der Waals surface area contributed by atoms with E-state index in [1.807, 2.05) is 13.8 Å². The second kappa shape index (κ2) is 8.68. The molecule has 0 radical (unpaired) electrons. The molecule has 0 aromatic heterocycles. The summed E-state index contributed by atoms with van der Waals surface area (Å²) in [5, 5.41) is 2.83. The number of nitrogens with zero attached hydrogens (tertiary/aromatic N) is 2. The molecule has 0 bridgehead atoms. The van der Waals surface area contributed by atoms with Gasteiger partial charge in [-0.05, 0) is 44.9 Å². The standard InChI is InChI=1S/C19H29N3O4S/c1-15-12-21(13-16(2)26-15)14-19(23)20-17-7-6-8-18(11-17)27(24,25)22-9-4-3-5-10-22/h6-8,11,15-16H,3-5,9-10,12-14H2,1-2H3,(H,20,23)/t15-,16-/m0/s1. The van der Waals surface area contributed by atoms with Gasteiger partial charge >= 0.3 is 0 Å². The van der Waals surface area contributed by atoms with Crippen molar-refractivity contribution in [1.82, 2.24) is 9.21 Å². The fourth-order valence-electron chi connectivity index (χ4n) is 3.81. The molecule has 150 valence electrons. The minimum Gasteiger partial charge on any atom is -0.373 e. The first kappa shape index (κ1) is 20.3. The average Bonchev–Trinajstić information content (AvgIpc) is 2.61. The van der Waals surface area contributed by atoms with Gasteiger partial charge < -0.3 is 10.1 Å². The summed E-state index contributed by atoms with van der Waals surface area (Å²) in [7, 11) is -3.51. The van der Waals surface area contributed by atoms with E-state index in [1.165, 1.54) is 4.31 Å². The first-order valence-corrected chi connectivity index (χ1v) is 11.1. The van der Waals surface area contributed by atoms with Gasteiger partial charge in [-0.1, -0.05) is 12.5 Å². The van der Waals surface area contributed by atoms with E-state index >= 15 is 0 Å². The molecule has 2 atom stereocenters. The van der Waals surface area contributed by atoms with Gasteiger partial charge in [0.1, 0.15) is 0 Å². The monoisotopic (exact) mass is 395 g/mol. The predicted molar refractivity (Wildman–Crippen MR) is 104 cm³/mol. The van der Waals surface area contributed by atoms with Gasteiger partial charge in [0.15, 0.2) is 0 Å². The van der Waals surface area contributed by atoms with Crippen LogP contribution in [-0.2, 0) is 19.6 Å². The Morgan fingerprint density at radius 1 is 1.15 bits per heavy atom. The topological polar surface area (TPSA) is 79.0 Å². The Morgan fingerprint density at radius 3 is 2.48 bits per heavy atom. The Bertz CT molecular complexity index is 752. The number of benzene rings is 1. The van der Waals surface area contributed by atoms with E-state index in [9.17, 15) is 13.2 Å². The first-order valence-electron chi connectivity index (χ1n) is 9.62. The molecule has 2 heterocycles. The molecular weight excluding hydrogens is 366 g/mol. The average molecular weight is 396 g/mol. The summed E-state index contributed by atoms with van der Waals surface area (Å²) in [4.78, 5) is 14.7. The number of anilines is 1. The Hall–Kier alpha value is -1.48. The highest BCUT2D eigenvalue weighted by Crippen LogP contribution is 2.23. The Labute approximate surface area is 161 Å². The van der Waals surface area contributed by atoms with Crippen molar-refractivity contribution >= 4 is 21.6 Å². The fourth-order valence-corrected chi connectivity index (χ4v) is 5.37. The molecule has 7 nitrogen and oxygen atoms in total. The maximum atomic E-state index is 12.8. The Kier molecular flexibility index (Phi) is 6.52. The molecule has 2 aliphatic rings. The van der Waals surface area contributed by atoms with E-state index in [0.29, 0.717) is 31.9 Å². The van der Waals surface area contributed by atoms with Crippen LogP contribution in [0, 0.1) is 0 Å². The number of nitrogens with one attached hydrogen (secondary N) is 1. The van der Waals surface area contributed by atoms with Crippen LogP contribution >= 0.6 is 0 Å². The number of carbonyl (C=O) groups is 1. The van der Waals surface area contributed by atoms with E-state index in [-0.39, 0.29) is 29.6 Å². The van der Waals surface area contributed by atoms with Crippen molar-refractivity contribution in [2.45, 2.75) is 50.2 Å². The maximum absolute atomic E-state index is 12.8. The van der Waals surface area contributed by atoms with Gasteiger partial charge in [-0.3, -0.25) is 9.69 Å². The van der Waals surface area contributed by atoms with E-state index in [1.54, 1.807) is 24.3 Å². The lowest BCUT2D eigenvalue weighted by molar-refractivity contribution is -0.121. The zero-order chi connectivity index (χ0) is 19.4. The molecule has 0 spiro atoms. The van der Waals surface area contributed by atoms with E-state index in [2.05, 4.69) is 10.2 Å². The van der Waals surface area contributed by atoms with Gasteiger partial charge in [0.2, 0.25) is 15.9 Å². The second-order valence-electron chi connectivity index (χ2n) is 7.49. The predicted octanol–water partition coefficient (Wildman–Crippen LogP) is 1.91. The highest BCUT2D eigenvalue weighted by molar-refractivity contribution is 7.89. The molecule has 1 N–H and O–H groups in total. The molecule has 2 saturated heterocycles. The van der Waals surface area contributed by atoms with Crippen LogP contribution < -0.4 is 5.32 Å². The number of hydrogen-bond acceptors (Lipinski definition) is 5. The molecule has 0 aliphatic carbocycles. The number of ether oxygens (including phenoxy) is 1. The van der Waals surface area contributed by atoms with Crippen LogP contribution in [0.4, 0.5) is 5.69 Å². The number of rotatable bonds is 5. The van der Waals surface area contributed by atoms with Crippen LogP contribution in [0.1, 0.15) is 33.1 Å². The van der Waals surface area contributed by atoms with Crippen molar-refractivity contribution in [2.75, 3.05) is 38.0 Å². The van der Waals surface area contributed by atoms with Gasteiger partial charge in [0.25, 0.3) is 0 Å². The molecule has 1 amide bonds. The lowest BCUT2D eigenvalue weighted by Gasteiger charge is -2.34. The molecule has 27 heavy (non-hydrogen) atoms. The summed E-state index contributed by atoms with van der Waals surface area (Å²) in [5.74, 6) is -0.149. The molecule has 1 aromatic rings. The molecule has 2 fully saturated rings. The minimum atomic E-state index is -3.51. The smallest absolute Gasteiger partial charge is 0.243 e. The molecule has 8 heteroatoms. The van der Waals surface area contributed by atoms with Crippen molar-refractivity contribution in [2.24, 2.45) is 0 Å². The van der Waals surface area contributed by atoms with Crippen LogP contribution in [-0.4, -0.2) is 68.5 Å². The van der Waals surface area contributed by atoms with Crippen LogP contribution in [0.5, 0.6) is 0 Å². The van der Waals surface area contributed by atoms with E-state index < -0.39 is 10.0 Å². The molecular formula is C19H29N3O4S. The molecule has 0 saturated carbocycles. The summed E-state index contributed by atoms with van der Waals surface area (Å²) in [6.07, 6.45) is 3.05. The van der Waals surface area contributed by atoms with Crippen molar-refractivity contribution in [3.8, 4) is 0 Å². The van der Waals surface area contributed by atoms with Gasteiger partial charge in [-0.25, -0.2) is 8.42 Å². The normalized spacial score (nSPS) is 25.3. The lowest BCUT2D eigenvalue weighted by Crippen LogP contribution is -2.48. The van der Waals surface area contributed by atoms with Gasteiger partial charge in [-0.2, -0.15) is 4.31 Å². The zero-order valence-electron chi connectivity index (χ0n) is 16.1. The van der Waals surface area contributed by atoms with Crippen molar-refractivity contribution < 1.29 is 17.9 Å². The third kappa shape index (κ3) is 5.28. The number of amides is 1. The molecule has 0 unspecified atom stereocenters. The molecule has 1 aromatic carbocycles. The van der Waals surface area contributed by atoms with Gasteiger partial charge in [0.05, 0.1) is 23.6 Å². The quantitative estimate of drug-likeness (QED) is 0.824. The van der Waals surface area contributed by atoms with Crippen LogP contribution in [0.3, 0.4) is 0 Å². The minimum absolute atomic E-state index is 0.0968. The SMILES string of the molecule is C[C@H]1CN(CC(=O)Nc2cccc(S(=O)(=O)N3CCCCC3)c2)C[C@H](C)O1. The highest BCUT2D eigenvalue weighted by Gasteiger charge is 2.27. The summed E-state index contributed by atoms with van der Waals surface area (Å²) in [5.41, 5.74) is 0.507. The third-order valence-electron chi connectivity index (χ3n) is 4.93. The molecule has 2 aliphatic heterocycles. The number of hydrogen-bond donors (Lipinski definition) is 1. The third-order valence-corrected chi connectivity index (χ3v) is 6.83. The number of piperidine rings is 1. The van der Waals surface area contributed by atoms with Crippen molar-refractivity contribution in [1.29, 1.82) is 0 Å². The van der Waals surface area contributed by atoms with Crippen LogP contribution in [0.2, 0.25) is 0 Å². The zero-order valence-corrected chi connectivity index (χ0v) is 16.9. The Morgan fingerprint density at radius 2 is 1.81 bits per heavy atom. The number of morpholine rings is 1. The summed E-state index contributed by atoms with van der Waals surface area (Å²) in [6, 6.07) is 6.53. The van der Waals surface area contributed by atoms with Crippen LogP contribution in [0.15, 0.2) is 29.2 Å². The highest BCUT2D eigenvalue weighted by atomic mass is 32.2. The number of carbonyl (C=O) groups excluding carboxylic acids is 1. The summed E-state index contributed by atoms with van der Waals surface area (Å²) < 4.78 is 32.8. The van der Waals surface area contributed by atoms with Gasteiger partial charge in [-0.15, -0.1) is 0 Å². The van der Waals surface area contributed by atoms with E-state index in [0.717, 1.165) is 19.3 Å². The van der Waals surface area contributed by atoms with Crippen molar-refractivity contribution in [3.05, 3.63) is 24.3 Å². The van der Waals surface area contributed by atoms with E-state index in [4.69, 9.17) is 4.74 Å². The molecule has 3 rings (SSSR count). The van der Waals surface area contributed by atoms with Gasteiger partial charge in [0, 0.05) is 31.9 Å². The first-order chi connectivity index (χ1) is 12.8. The summed E-state index contributed by atoms with van der Waals surface area (Å²) >= 11 is 0. The van der Waals surface area contributed by atoms with Crippen molar-refractivity contribution in [3.63, 3.8) is 0 Å².